The van der Waals surface area contributed by atoms with Crippen LogP contribution in [0.2, 0.25) is 0 Å². The zero-order valence-electron chi connectivity index (χ0n) is 15.4. The van der Waals surface area contributed by atoms with E-state index in [0.29, 0.717) is 32.7 Å². The molecule has 0 bridgehead atoms. The van der Waals surface area contributed by atoms with Gasteiger partial charge in [-0.15, -0.1) is 0 Å². The number of rotatable bonds is 7. The van der Waals surface area contributed by atoms with Crippen LogP contribution in [0, 0.1) is 11.3 Å². The number of amides is 2. The van der Waals surface area contributed by atoms with Crippen LogP contribution >= 0.6 is 0 Å². The number of aliphatic carboxylic acids is 1. The molecule has 0 radical (unpaired) electrons. The van der Waals surface area contributed by atoms with Crippen molar-refractivity contribution < 1.29 is 19.4 Å². The van der Waals surface area contributed by atoms with E-state index in [-0.39, 0.29) is 11.9 Å². The summed E-state index contributed by atoms with van der Waals surface area (Å²) < 4.78 is 5.63. The molecule has 2 fully saturated rings. The topological polar surface area (TPSA) is 78.9 Å². The first-order chi connectivity index (χ1) is 12.5. The van der Waals surface area contributed by atoms with Gasteiger partial charge in [-0.2, -0.15) is 0 Å². The average Bonchev–Trinajstić information content (AvgIpc) is 3.19. The van der Waals surface area contributed by atoms with E-state index in [2.05, 4.69) is 12.2 Å². The number of urea groups is 1. The maximum Gasteiger partial charge on any atom is 0.317 e. The van der Waals surface area contributed by atoms with Gasteiger partial charge in [0.05, 0.1) is 12.0 Å². The lowest BCUT2D eigenvalue weighted by atomic mass is 9.81. The van der Waals surface area contributed by atoms with Crippen molar-refractivity contribution in [2.75, 3.05) is 26.2 Å². The number of hydrogen-bond acceptors (Lipinski definition) is 3. The van der Waals surface area contributed by atoms with Crippen LogP contribution in [-0.2, 0) is 11.2 Å². The molecule has 2 amide bonds. The van der Waals surface area contributed by atoms with Crippen molar-refractivity contribution in [3.05, 3.63) is 29.8 Å². The first-order valence-electron chi connectivity index (χ1n) is 9.53. The number of carboxylic acids is 1. The molecule has 1 aromatic carbocycles. The van der Waals surface area contributed by atoms with Crippen LogP contribution in [0.15, 0.2) is 24.3 Å². The molecule has 1 aliphatic carbocycles. The molecule has 26 heavy (non-hydrogen) atoms. The number of ether oxygens (including phenoxy) is 1. The van der Waals surface area contributed by atoms with Crippen LogP contribution in [-0.4, -0.2) is 48.2 Å². The quantitative estimate of drug-likeness (QED) is 0.784. The van der Waals surface area contributed by atoms with E-state index in [0.717, 1.165) is 37.0 Å². The summed E-state index contributed by atoms with van der Waals surface area (Å²) in [5, 5.41) is 12.6. The third kappa shape index (κ3) is 3.79. The highest BCUT2D eigenvalue weighted by molar-refractivity contribution is 5.80. The summed E-state index contributed by atoms with van der Waals surface area (Å²) in [7, 11) is 0. The van der Waals surface area contributed by atoms with E-state index in [4.69, 9.17) is 4.74 Å². The highest BCUT2D eigenvalue weighted by Crippen LogP contribution is 2.48. The molecule has 1 heterocycles. The molecule has 0 spiro atoms. The molecule has 0 unspecified atom stereocenters. The van der Waals surface area contributed by atoms with Crippen LogP contribution < -0.4 is 10.1 Å². The Hall–Kier alpha value is -2.24. The second kappa shape index (κ2) is 7.98. The zero-order chi connectivity index (χ0) is 18.6. The van der Waals surface area contributed by atoms with Crippen molar-refractivity contribution >= 4 is 12.0 Å². The van der Waals surface area contributed by atoms with Gasteiger partial charge in [0.25, 0.3) is 0 Å². The SMILES string of the molecule is CCCOc1cccc(CCNC(=O)N2C[C@@H]3CCC[C@@]3(C(=O)O)C2)c1. The van der Waals surface area contributed by atoms with Crippen LogP contribution in [0.25, 0.3) is 0 Å². The van der Waals surface area contributed by atoms with Gasteiger partial charge in [0.15, 0.2) is 0 Å². The Morgan fingerprint density at radius 3 is 3.00 bits per heavy atom. The fourth-order valence-electron chi connectivity index (χ4n) is 4.23. The number of fused-ring (bicyclic) bond motifs is 1. The van der Waals surface area contributed by atoms with Crippen LogP contribution in [0.1, 0.15) is 38.2 Å². The Morgan fingerprint density at radius 1 is 1.42 bits per heavy atom. The van der Waals surface area contributed by atoms with Gasteiger partial charge in [-0.05, 0) is 49.3 Å². The normalized spacial score (nSPS) is 24.3. The second-order valence-corrected chi connectivity index (χ2v) is 7.41. The summed E-state index contributed by atoms with van der Waals surface area (Å²) in [6, 6.07) is 7.76. The van der Waals surface area contributed by atoms with Crippen molar-refractivity contribution in [2.24, 2.45) is 11.3 Å². The number of benzene rings is 1. The number of carbonyl (C=O) groups is 2. The Morgan fingerprint density at radius 2 is 2.27 bits per heavy atom. The first kappa shape index (κ1) is 18.5. The molecule has 142 valence electrons. The molecular weight excluding hydrogens is 332 g/mol. The molecule has 3 rings (SSSR count). The highest BCUT2D eigenvalue weighted by atomic mass is 16.5. The Kier molecular flexibility index (Phi) is 5.69. The molecule has 6 heteroatoms. The van der Waals surface area contributed by atoms with E-state index < -0.39 is 11.4 Å². The second-order valence-electron chi connectivity index (χ2n) is 7.41. The predicted molar refractivity (Wildman–Crippen MR) is 98.3 cm³/mol. The van der Waals surface area contributed by atoms with E-state index in [9.17, 15) is 14.7 Å². The summed E-state index contributed by atoms with van der Waals surface area (Å²) in [5.41, 5.74) is 0.390. The maximum atomic E-state index is 12.4. The van der Waals surface area contributed by atoms with Gasteiger partial charge in [-0.25, -0.2) is 4.79 Å². The molecule has 1 aliphatic heterocycles. The maximum absolute atomic E-state index is 12.4. The minimum Gasteiger partial charge on any atom is -0.494 e. The summed E-state index contributed by atoms with van der Waals surface area (Å²) in [4.78, 5) is 25.8. The number of likely N-dealkylation sites (tertiary alicyclic amines) is 1. The summed E-state index contributed by atoms with van der Waals surface area (Å²) in [6.45, 7) is 4.18. The number of carboxylic acid groups (broad SMARTS) is 1. The number of carbonyl (C=O) groups excluding carboxylic acids is 1. The van der Waals surface area contributed by atoms with Crippen molar-refractivity contribution in [1.82, 2.24) is 10.2 Å². The lowest BCUT2D eigenvalue weighted by molar-refractivity contribution is -0.149. The summed E-state index contributed by atoms with van der Waals surface area (Å²) >= 11 is 0. The smallest absolute Gasteiger partial charge is 0.317 e. The number of hydrogen-bond donors (Lipinski definition) is 2. The number of nitrogens with one attached hydrogen (secondary N) is 1. The van der Waals surface area contributed by atoms with E-state index in [1.165, 1.54) is 0 Å². The third-order valence-corrected chi connectivity index (χ3v) is 5.65. The summed E-state index contributed by atoms with van der Waals surface area (Å²) in [5.74, 6) is 0.198. The van der Waals surface area contributed by atoms with Gasteiger partial charge < -0.3 is 20.1 Å². The monoisotopic (exact) mass is 360 g/mol. The Labute approximate surface area is 154 Å². The van der Waals surface area contributed by atoms with Gasteiger partial charge in [0.2, 0.25) is 0 Å². The van der Waals surface area contributed by atoms with E-state index >= 15 is 0 Å². The standard InChI is InChI=1S/C20H28N2O4/c1-2-11-26-17-7-3-5-15(12-17)8-10-21-19(25)22-13-16-6-4-9-20(16,14-22)18(23)24/h3,5,7,12,16H,2,4,6,8-11,13-14H2,1H3,(H,21,25)(H,23,24)/t16-,20+/m0/s1. The molecule has 6 nitrogen and oxygen atoms in total. The van der Waals surface area contributed by atoms with Crippen LogP contribution in [0.5, 0.6) is 5.75 Å². The van der Waals surface area contributed by atoms with Gasteiger partial charge in [0, 0.05) is 19.6 Å². The van der Waals surface area contributed by atoms with Crippen molar-refractivity contribution in [2.45, 2.75) is 39.0 Å². The van der Waals surface area contributed by atoms with E-state index in [1.807, 2.05) is 24.3 Å². The zero-order valence-corrected chi connectivity index (χ0v) is 15.4. The van der Waals surface area contributed by atoms with Gasteiger partial charge in [-0.1, -0.05) is 25.5 Å². The molecule has 1 aromatic rings. The fourth-order valence-corrected chi connectivity index (χ4v) is 4.23. The van der Waals surface area contributed by atoms with Crippen molar-refractivity contribution in [3.63, 3.8) is 0 Å². The fraction of sp³-hybridized carbons (Fsp3) is 0.600. The predicted octanol–water partition coefficient (Wildman–Crippen LogP) is 2.91. The Bertz CT molecular complexity index is 663. The van der Waals surface area contributed by atoms with Crippen molar-refractivity contribution in [3.8, 4) is 5.75 Å². The molecule has 2 N–H and O–H groups in total. The third-order valence-electron chi connectivity index (χ3n) is 5.65. The lowest BCUT2D eigenvalue weighted by Gasteiger charge is -2.23. The van der Waals surface area contributed by atoms with E-state index in [1.54, 1.807) is 4.90 Å². The molecule has 2 atom stereocenters. The first-order valence-corrected chi connectivity index (χ1v) is 9.53. The Balaban J connectivity index is 1.49. The van der Waals surface area contributed by atoms with Gasteiger partial charge in [-0.3, -0.25) is 4.79 Å². The molecule has 2 aliphatic rings. The van der Waals surface area contributed by atoms with Crippen LogP contribution in [0.4, 0.5) is 4.79 Å². The largest absolute Gasteiger partial charge is 0.494 e. The minimum atomic E-state index is -0.751. The van der Waals surface area contributed by atoms with Crippen molar-refractivity contribution in [1.29, 1.82) is 0 Å². The van der Waals surface area contributed by atoms with Crippen LogP contribution in [0.3, 0.4) is 0 Å². The number of nitrogens with zero attached hydrogens (tertiary/aromatic N) is 1. The van der Waals surface area contributed by atoms with Gasteiger partial charge in [0.1, 0.15) is 5.75 Å². The lowest BCUT2D eigenvalue weighted by Crippen LogP contribution is -2.42. The molecule has 0 aromatic heterocycles. The highest BCUT2D eigenvalue weighted by Gasteiger charge is 2.55. The molecule has 1 saturated carbocycles. The minimum absolute atomic E-state index is 0.0955. The molecule has 1 saturated heterocycles. The molecular formula is C20H28N2O4. The van der Waals surface area contributed by atoms with Gasteiger partial charge >= 0.3 is 12.0 Å². The average molecular weight is 360 g/mol. The summed E-state index contributed by atoms with van der Waals surface area (Å²) in [6.07, 6.45) is 4.22.